The maximum absolute atomic E-state index is 9.31. The first-order chi connectivity index (χ1) is 18.4. The Hall–Kier alpha value is -3.74. The molecule has 4 aromatic carbocycles. The molecule has 3 heteroatoms. The number of fused-ring (bicyclic) bond motifs is 4. The van der Waals surface area contributed by atoms with Gasteiger partial charge in [0, 0.05) is 5.56 Å². The number of aliphatic hydroxyl groups is 1. The van der Waals surface area contributed by atoms with E-state index in [1.165, 1.54) is 27.3 Å². The average molecular weight is 543 g/mol. The van der Waals surface area contributed by atoms with Crippen LogP contribution in [0.4, 0.5) is 0 Å². The fraction of sp³-hybridized carbons (Fsp3) is 0.351. The fourth-order valence-electron chi connectivity index (χ4n) is 3.89. The van der Waals surface area contributed by atoms with Gasteiger partial charge in [0.2, 0.25) is 0 Å². The lowest BCUT2D eigenvalue weighted by atomic mass is 9.95. The largest absolute Gasteiger partial charge is 0.508 e. The molecule has 5 rings (SSSR count). The van der Waals surface area contributed by atoms with Crippen LogP contribution in [0.3, 0.4) is 0 Å². The average Bonchev–Trinajstić information content (AvgIpc) is 2.91. The van der Waals surface area contributed by atoms with Gasteiger partial charge in [-0.05, 0) is 98.5 Å². The quantitative estimate of drug-likeness (QED) is 0.217. The molecule has 0 spiro atoms. The highest BCUT2D eigenvalue weighted by molar-refractivity contribution is 5.95. The van der Waals surface area contributed by atoms with Crippen LogP contribution in [-0.4, -0.2) is 21.4 Å². The molecular weight excluding hydrogens is 492 g/mol. The van der Waals surface area contributed by atoms with E-state index in [-0.39, 0.29) is 13.0 Å². The van der Waals surface area contributed by atoms with Crippen molar-refractivity contribution in [3.63, 3.8) is 0 Å². The zero-order valence-electron chi connectivity index (χ0n) is 25.4. The van der Waals surface area contributed by atoms with E-state index in [2.05, 4.69) is 75.2 Å². The van der Waals surface area contributed by atoms with Crippen LogP contribution in [0.1, 0.15) is 79.5 Å². The van der Waals surface area contributed by atoms with Gasteiger partial charge in [-0.3, -0.25) is 0 Å². The maximum Gasteiger partial charge on any atom is 0.128 e. The van der Waals surface area contributed by atoms with Gasteiger partial charge in [0.25, 0.3) is 0 Å². The molecule has 216 valence electrons. The minimum Gasteiger partial charge on any atom is -0.508 e. The smallest absolute Gasteiger partial charge is 0.128 e. The Morgan fingerprint density at radius 3 is 1.82 bits per heavy atom. The number of phenolic OH excluding ortho intramolecular Hbond substituents is 1. The molecule has 0 radical (unpaired) electrons. The van der Waals surface area contributed by atoms with Gasteiger partial charge in [0.05, 0.1) is 0 Å². The van der Waals surface area contributed by atoms with E-state index in [4.69, 9.17) is 16.3 Å². The van der Waals surface area contributed by atoms with Crippen LogP contribution in [0.2, 0.25) is 0 Å². The number of ether oxygens (including phenoxy) is 1. The normalized spacial score (nSPS) is 12.1. The summed E-state index contributed by atoms with van der Waals surface area (Å²) in [6.45, 7) is 19.4. The molecule has 0 aromatic heterocycles. The van der Waals surface area contributed by atoms with Gasteiger partial charge in [-0.15, -0.1) is 6.42 Å². The Kier molecular flexibility index (Phi) is 14.9. The van der Waals surface area contributed by atoms with Crippen LogP contribution in [0, 0.1) is 26.2 Å². The summed E-state index contributed by atoms with van der Waals surface area (Å²) in [4.78, 5) is 0. The van der Waals surface area contributed by atoms with Gasteiger partial charge in [-0.1, -0.05) is 95.6 Å². The fourth-order valence-corrected chi connectivity index (χ4v) is 3.89. The second kappa shape index (κ2) is 16.4. The molecule has 1 aliphatic rings. The van der Waals surface area contributed by atoms with Gasteiger partial charge in [-0.2, -0.15) is 0 Å². The first-order valence-corrected chi connectivity index (χ1v) is 13.7. The SMILES string of the molecule is C.C#CC(C)(C)O.CC.CC.Cc1cc(O)cc2ccccc12.Cc1cc2c(c3ccccc13)C=CC(C)(C)O2. The Labute approximate surface area is 243 Å². The summed E-state index contributed by atoms with van der Waals surface area (Å²) in [7, 11) is 0. The molecule has 0 saturated heterocycles. The molecule has 0 fully saturated rings. The first kappa shape index (κ1) is 36.3. The molecular formula is C37H50O3. The third-order valence-corrected chi connectivity index (χ3v) is 5.69. The number of rotatable bonds is 0. The highest BCUT2D eigenvalue weighted by atomic mass is 16.5. The van der Waals surface area contributed by atoms with Gasteiger partial charge in [0.1, 0.15) is 22.7 Å². The molecule has 0 aliphatic carbocycles. The molecule has 0 unspecified atom stereocenters. The molecule has 4 aromatic rings. The summed E-state index contributed by atoms with van der Waals surface area (Å²) in [6.07, 6.45) is 9.11. The lowest BCUT2D eigenvalue weighted by molar-refractivity contribution is 0.144. The summed E-state index contributed by atoms with van der Waals surface area (Å²) < 4.78 is 6.02. The van der Waals surface area contributed by atoms with E-state index < -0.39 is 5.60 Å². The number of aryl methyl sites for hydroxylation is 2. The van der Waals surface area contributed by atoms with Crippen molar-refractivity contribution in [3.8, 4) is 23.8 Å². The van der Waals surface area contributed by atoms with E-state index >= 15 is 0 Å². The zero-order valence-corrected chi connectivity index (χ0v) is 25.4. The number of terminal acetylenes is 1. The molecule has 3 nitrogen and oxygen atoms in total. The molecule has 0 saturated carbocycles. The Morgan fingerprint density at radius 2 is 1.27 bits per heavy atom. The van der Waals surface area contributed by atoms with E-state index in [9.17, 15) is 5.11 Å². The summed E-state index contributed by atoms with van der Waals surface area (Å²) in [6, 6.07) is 22.2. The van der Waals surface area contributed by atoms with Crippen LogP contribution in [0.15, 0.2) is 72.8 Å². The molecule has 0 bridgehead atoms. The lowest BCUT2D eigenvalue weighted by Gasteiger charge is -2.29. The van der Waals surface area contributed by atoms with E-state index in [0.717, 1.165) is 16.7 Å². The molecule has 1 aliphatic heterocycles. The molecule has 0 amide bonds. The standard InChI is InChI=1S/C16H16O.C11H10O.C5H8O.2C2H6.CH4/c1-11-10-15-14(8-9-16(2,3)17-15)13-7-5-4-6-12(11)13;1-8-6-10(12)7-9-4-2-3-5-11(8)9;1-4-5(2,3)6;2*1-2;/h4-10H,1-3H3;2-7,12H,1H3;1,6H,2-3H3;2*1-2H3;1H4. The van der Waals surface area contributed by atoms with Crippen molar-refractivity contribution in [1.82, 2.24) is 0 Å². The number of hydrogen-bond donors (Lipinski definition) is 2. The summed E-state index contributed by atoms with van der Waals surface area (Å²) in [5, 5.41) is 22.8. The highest BCUT2D eigenvalue weighted by Gasteiger charge is 2.23. The van der Waals surface area contributed by atoms with Crippen LogP contribution in [0.25, 0.3) is 27.6 Å². The minimum absolute atomic E-state index is 0. The molecule has 1 heterocycles. The topological polar surface area (TPSA) is 49.7 Å². The monoisotopic (exact) mass is 542 g/mol. The van der Waals surface area contributed by atoms with Crippen LogP contribution in [0.5, 0.6) is 11.5 Å². The lowest BCUT2D eigenvalue weighted by Crippen LogP contribution is -2.27. The van der Waals surface area contributed by atoms with Crippen LogP contribution >= 0.6 is 0 Å². The third-order valence-electron chi connectivity index (χ3n) is 5.69. The first-order valence-electron chi connectivity index (χ1n) is 13.7. The van der Waals surface area contributed by atoms with Gasteiger partial charge in [-0.25, -0.2) is 0 Å². The van der Waals surface area contributed by atoms with Crippen molar-refractivity contribution >= 4 is 27.6 Å². The zero-order chi connectivity index (χ0) is 29.8. The number of hydrogen-bond acceptors (Lipinski definition) is 3. The highest BCUT2D eigenvalue weighted by Crippen LogP contribution is 2.37. The van der Waals surface area contributed by atoms with Gasteiger partial charge >= 0.3 is 0 Å². The Morgan fingerprint density at radius 1 is 0.800 bits per heavy atom. The number of aromatic hydroxyl groups is 1. The van der Waals surface area contributed by atoms with Crippen molar-refractivity contribution in [3.05, 3.63) is 89.5 Å². The second-order valence-corrected chi connectivity index (χ2v) is 9.88. The van der Waals surface area contributed by atoms with E-state index in [0.29, 0.717) is 5.75 Å². The predicted octanol–water partition coefficient (Wildman–Crippen LogP) is 10.3. The number of phenols is 1. The van der Waals surface area contributed by atoms with Gasteiger partial charge < -0.3 is 14.9 Å². The second-order valence-electron chi connectivity index (χ2n) is 9.88. The van der Waals surface area contributed by atoms with Crippen molar-refractivity contribution in [1.29, 1.82) is 0 Å². The van der Waals surface area contributed by atoms with E-state index in [1.807, 2.05) is 52.8 Å². The molecule has 0 atom stereocenters. The van der Waals surface area contributed by atoms with Crippen molar-refractivity contribution in [2.75, 3.05) is 0 Å². The van der Waals surface area contributed by atoms with Gasteiger partial charge in [0.15, 0.2) is 0 Å². The number of benzene rings is 4. The summed E-state index contributed by atoms with van der Waals surface area (Å²) in [5.74, 6) is 3.49. The van der Waals surface area contributed by atoms with Crippen molar-refractivity contribution in [2.45, 2.75) is 87.9 Å². The van der Waals surface area contributed by atoms with Crippen molar-refractivity contribution in [2.24, 2.45) is 0 Å². The molecule has 40 heavy (non-hydrogen) atoms. The van der Waals surface area contributed by atoms with Crippen LogP contribution in [-0.2, 0) is 0 Å². The third kappa shape index (κ3) is 10.4. The van der Waals surface area contributed by atoms with Crippen LogP contribution < -0.4 is 4.74 Å². The minimum atomic E-state index is -0.931. The summed E-state index contributed by atoms with van der Waals surface area (Å²) in [5.41, 5.74) is 2.45. The van der Waals surface area contributed by atoms with E-state index in [1.54, 1.807) is 26.0 Å². The molecule has 2 N–H and O–H groups in total. The van der Waals surface area contributed by atoms with Crippen molar-refractivity contribution < 1.29 is 14.9 Å². The summed E-state index contributed by atoms with van der Waals surface area (Å²) >= 11 is 0. The Bertz CT molecular complexity index is 1410. The predicted molar refractivity (Wildman–Crippen MR) is 177 cm³/mol. The Balaban J connectivity index is 0.000000581. The maximum atomic E-state index is 9.31.